The van der Waals surface area contributed by atoms with Crippen molar-refractivity contribution in [1.29, 1.82) is 0 Å². The number of carboxylic acid groups (broad SMARTS) is 1. The fourth-order valence-electron chi connectivity index (χ4n) is 2.47. The number of benzene rings is 2. The van der Waals surface area contributed by atoms with Crippen LogP contribution in [0.3, 0.4) is 0 Å². The van der Waals surface area contributed by atoms with Crippen molar-refractivity contribution in [1.82, 2.24) is 5.32 Å². The van der Waals surface area contributed by atoms with Gasteiger partial charge >= 0.3 is 5.97 Å². The lowest BCUT2D eigenvalue weighted by Crippen LogP contribution is -2.28. The normalized spacial score (nSPS) is 17.2. The van der Waals surface area contributed by atoms with Gasteiger partial charge in [0.25, 0.3) is 0 Å². The third-order valence-electron chi connectivity index (χ3n) is 3.85. The Morgan fingerprint density at radius 1 is 1.25 bits per heavy atom. The molecule has 2 aromatic carbocycles. The summed E-state index contributed by atoms with van der Waals surface area (Å²) < 4.78 is 5.11. The largest absolute Gasteiger partial charge is 0.497 e. The summed E-state index contributed by atoms with van der Waals surface area (Å²) >= 11 is 1.16. The predicted molar refractivity (Wildman–Crippen MR) is 106 cm³/mol. The van der Waals surface area contributed by atoms with Crippen LogP contribution >= 0.6 is 11.8 Å². The summed E-state index contributed by atoms with van der Waals surface area (Å²) in [6.07, 6.45) is -0.00924. The quantitative estimate of drug-likeness (QED) is 0.687. The van der Waals surface area contributed by atoms with Gasteiger partial charge in [-0.1, -0.05) is 17.8 Å². The molecule has 1 aliphatic rings. The van der Waals surface area contributed by atoms with E-state index >= 15 is 0 Å². The molecule has 1 fully saturated rings. The maximum Gasteiger partial charge on any atom is 0.335 e. The highest BCUT2D eigenvalue weighted by atomic mass is 32.2. The molecule has 0 saturated carbocycles. The number of nitrogens with one attached hydrogen (secondary N) is 2. The van der Waals surface area contributed by atoms with Crippen molar-refractivity contribution < 1.29 is 24.2 Å². The zero-order valence-electron chi connectivity index (χ0n) is 14.8. The van der Waals surface area contributed by atoms with Gasteiger partial charge in [0.1, 0.15) is 11.0 Å². The fourth-order valence-corrected chi connectivity index (χ4v) is 3.46. The van der Waals surface area contributed by atoms with E-state index in [9.17, 15) is 14.4 Å². The molecule has 1 heterocycles. The number of carboxylic acids is 1. The molecule has 0 aliphatic carbocycles. The molecule has 1 aliphatic heterocycles. The molecular weight excluding hydrogens is 382 g/mol. The number of thioether (sulfide) groups is 1. The Hall–Kier alpha value is -3.33. The average Bonchev–Trinajstić information content (AvgIpc) is 3.01. The minimum Gasteiger partial charge on any atom is -0.497 e. The van der Waals surface area contributed by atoms with Crippen molar-refractivity contribution in [3.8, 4) is 5.75 Å². The third kappa shape index (κ3) is 4.89. The Balaban J connectivity index is 1.60. The van der Waals surface area contributed by atoms with E-state index < -0.39 is 11.2 Å². The minimum atomic E-state index is -1.02. The van der Waals surface area contributed by atoms with Gasteiger partial charge < -0.3 is 20.5 Å². The van der Waals surface area contributed by atoms with Crippen molar-refractivity contribution in [3.05, 3.63) is 54.1 Å². The van der Waals surface area contributed by atoms with Gasteiger partial charge in [-0.2, -0.15) is 0 Å². The van der Waals surface area contributed by atoms with Crippen LogP contribution in [0.2, 0.25) is 0 Å². The number of amides is 2. The number of hydrogen-bond acceptors (Lipinski definition) is 6. The molecule has 0 radical (unpaired) electrons. The number of ether oxygens (including phenoxy) is 1. The molecule has 8 nitrogen and oxygen atoms in total. The first-order valence-corrected chi connectivity index (χ1v) is 9.16. The number of aliphatic imine (C=N–C) groups is 1. The Labute approximate surface area is 165 Å². The topological polar surface area (TPSA) is 117 Å². The minimum absolute atomic E-state index is 0.00924. The lowest BCUT2D eigenvalue weighted by atomic mass is 10.2. The van der Waals surface area contributed by atoms with Crippen LogP contribution in [0.5, 0.6) is 5.75 Å². The number of methoxy groups -OCH3 is 1. The van der Waals surface area contributed by atoms with Gasteiger partial charge in [-0.05, 0) is 36.4 Å². The fraction of sp³-hybridized carbons (Fsp3) is 0.158. The van der Waals surface area contributed by atoms with E-state index in [-0.39, 0.29) is 23.8 Å². The zero-order valence-corrected chi connectivity index (χ0v) is 15.7. The van der Waals surface area contributed by atoms with Gasteiger partial charge in [0.2, 0.25) is 11.8 Å². The summed E-state index contributed by atoms with van der Waals surface area (Å²) in [6.45, 7) is 0. The van der Waals surface area contributed by atoms with Crippen molar-refractivity contribution in [3.63, 3.8) is 0 Å². The third-order valence-corrected chi connectivity index (χ3v) is 4.93. The second-order valence-corrected chi connectivity index (χ2v) is 7.04. The first-order valence-electron chi connectivity index (χ1n) is 8.28. The van der Waals surface area contributed by atoms with Gasteiger partial charge in [0.05, 0.1) is 18.4 Å². The van der Waals surface area contributed by atoms with Crippen LogP contribution in [0.1, 0.15) is 16.8 Å². The van der Waals surface area contributed by atoms with Gasteiger partial charge in [-0.3, -0.25) is 9.59 Å². The molecule has 2 amide bonds. The molecule has 0 bridgehead atoms. The van der Waals surface area contributed by atoms with Crippen molar-refractivity contribution >= 4 is 46.1 Å². The lowest BCUT2D eigenvalue weighted by Gasteiger charge is -2.08. The van der Waals surface area contributed by atoms with E-state index in [1.165, 1.54) is 19.2 Å². The molecule has 1 saturated heterocycles. The monoisotopic (exact) mass is 399 g/mol. The molecule has 1 atom stereocenters. The van der Waals surface area contributed by atoms with E-state index in [1.54, 1.807) is 36.4 Å². The number of carbonyl (C=O) groups excluding carboxylic acids is 2. The van der Waals surface area contributed by atoms with Crippen LogP contribution in [0, 0.1) is 0 Å². The second kappa shape index (κ2) is 8.57. The molecule has 0 unspecified atom stereocenters. The van der Waals surface area contributed by atoms with Crippen LogP contribution in [0.4, 0.5) is 11.4 Å². The molecule has 0 aromatic heterocycles. The van der Waals surface area contributed by atoms with E-state index in [1.807, 2.05) is 0 Å². The summed E-state index contributed by atoms with van der Waals surface area (Å²) in [7, 11) is 1.54. The summed E-state index contributed by atoms with van der Waals surface area (Å²) in [5.41, 5.74) is 1.24. The van der Waals surface area contributed by atoms with Gasteiger partial charge in [-0.15, -0.1) is 0 Å². The molecular formula is C19H17N3O5S. The van der Waals surface area contributed by atoms with Gasteiger partial charge in [0.15, 0.2) is 5.17 Å². The smallest absolute Gasteiger partial charge is 0.335 e. The van der Waals surface area contributed by atoms with Crippen LogP contribution < -0.4 is 15.4 Å². The van der Waals surface area contributed by atoms with E-state index in [2.05, 4.69) is 15.6 Å². The Morgan fingerprint density at radius 2 is 2.00 bits per heavy atom. The summed E-state index contributed by atoms with van der Waals surface area (Å²) in [5, 5.41) is 14.1. The van der Waals surface area contributed by atoms with Crippen LogP contribution in [-0.4, -0.2) is 40.4 Å². The lowest BCUT2D eigenvalue weighted by molar-refractivity contribution is -0.122. The second-order valence-electron chi connectivity index (χ2n) is 5.85. The van der Waals surface area contributed by atoms with Crippen LogP contribution in [-0.2, 0) is 9.59 Å². The Morgan fingerprint density at radius 3 is 2.68 bits per heavy atom. The number of rotatable bonds is 6. The summed E-state index contributed by atoms with van der Waals surface area (Å²) in [6, 6.07) is 12.9. The molecule has 3 rings (SSSR count). The molecule has 9 heteroatoms. The van der Waals surface area contributed by atoms with Crippen molar-refractivity contribution in [2.24, 2.45) is 4.99 Å². The van der Waals surface area contributed by atoms with E-state index in [0.717, 1.165) is 11.8 Å². The van der Waals surface area contributed by atoms with Crippen molar-refractivity contribution in [2.75, 3.05) is 12.4 Å². The first-order chi connectivity index (χ1) is 13.4. The molecule has 28 heavy (non-hydrogen) atoms. The summed E-state index contributed by atoms with van der Waals surface area (Å²) in [5.74, 6) is -1.00. The van der Waals surface area contributed by atoms with E-state index in [0.29, 0.717) is 22.3 Å². The number of hydrogen-bond donors (Lipinski definition) is 3. The van der Waals surface area contributed by atoms with Crippen LogP contribution in [0.25, 0.3) is 0 Å². The maximum absolute atomic E-state index is 12.2. The highest BCUT2D eigenvalue weighted by molar-refractivity contribution is 8.15. The standard InChI is InChI=1S/C19H17N3O5S/c1-27-14-4-2-3-13(9-14)20-16(23)10-15-17(24)22-19(28-15)21-12-7-5-11(6-8-12)18(25)26/h2-9,15H,10H2,1H3,(H,20,23)(H,25,26)(H,21,22,24)/t15-/m1/s1. The zero-order chi connectivity index (χ0) is 20.1. The Kier molecular flexibility index (Phi) is 5.95. The number of aromatic carboxylic acids is 1. The highest BCUT2D eigenvalue weighted by Crippen LogP contribution is 2.26. The molecule has 144 valence electrons. The number of amidine groups is 1. The molecule has 2 aromatic rings. The van der Waals surface area contributed by atoms with Gasteiger partial charge in [-0.25, -0.2) is 9.79 Å². The predicted octanol–water partition coefficient (Wildman–Crippen LogP) is 2.64. The highest BCUT2D eigenvalue weighted by Gasteiger charge is 2.32. The average molecular weight is 399 g/mol. The maximum atomic E-state index is 12.2. The molecule has 0 spiro atoms. The van der Waals surface area contributed by atoms with E-state index in [4.69, 9.17) is 9.84 Å². The first kappa shape index (κ1) is 19.4. The number of carbonyl (C=O) groups is 3. The van der Waals surface area contributed by atoms with Crippen LogP contribution in [0.15, 0.2) is 53.5 Å². The molecule has 3 N–H and O–H groups in total. The number of nitrogens with zero attached hydrogens (tertiary/aromatic N) is 1. The Bertz CT molecular complexity index is 943. The SMILES string of the molecule is COc1cccc(NC(=O)C[C@H]2SC(=Nc3ccc(C(=O)O)cc3)NC2=O)c1. The number of anilines is 1. The summed E-state index contributed by atoms with van der Waals surface area (Å²) in [4.78, 5) is 39.5. The van der Waals surface area contributed by atoms with Gasteiger partial charge in [0, 0.05) is 18.2 Å². The van der Waals surface area contributed by atoms with Crippen molar-refractivity contribution in [2.45, 2.75) is 11.7 Å².